The molecule has 0 saturated carbocycles. The van der Waals surface area contributed by atoms with Crippen molar-refractivity contribution in [2.24, 2.45) is 0 Å². The molecule has 0 aliphatic heterocycles. The van der Waals surface area contributed by atoms with Crippen LogP contribution in [0.15, 0.2) is 18.2 Å². The quantitative estimate of drug-likeness (QED) is 0.541. The summed E-state index contributed by atoms with van der Waals surface area (Å²) < 4.78 is 0. The van der Waals surface area contributed by atoms with Gasteiger partial charge in [0.15, 0.2) is 11.5 Å². The Labute approximate surface area is 94.8 Å². The van der Waals surface area contributed by atoms with Crippen molar-refractivity contribution in [1.29, 1.82) is 0 Å². The highest BCUT2D eigenvalue weighted by atomic mass is 32.1. The summed E-state index contributed by atoms with van der Waals surface area (Å²) in [5.41, 5.74) is 0.969. The van der Waals surface area contributed by atoms with Gasteiger partial charge in [-0.15, -0.1) is 0 Å². The van der Waals surface area contributed by atoms with Gasteiger partial charge < -0.3 is 15.5 Å². The highest BCUT2D eigenvalue weighted by Crippen LogP contribution is 2.24. The maximum atomic E-state index is 9.26. The average Bonchev–Trinajstić information content (AvgIpc) is 2.23. The average molecular weight is 225 g/mol. The van der Waals surface area contributed by atoms with Crippen LogP contribution >= 0.6 is 12.2 Å². The lowest BCUT2D eigenvalue weighted by atomic mass is 10.1. The summed E-state index contributed by atoms with van der Waals surface area (Å²) in [5.74, 6) is -0.165. The molecule has 1 aromatic rings. The molecule has 3 N–H and O–H groups in total. The molecule has 0 bridgehead atoms. The van der Waals surface area contributed by atoms with Crippen molar-refractivity contribution in [3.63, 3.8) is 0 Å². The van der Waals surface area contributed by atoms with Gasteiger partial charge in [-0.3, -0.25) is 0 Å². The Morgan fingerprint density at radius 1 is 1.33 bits per heavy atom. The molecule has 0 fully saturated rings. The van der Waals surface area contributed by atoms with Gasteiger partial charge in [0.25, 0.3) is 0 Å². The number of hydrogen-bond acceptors (Lipinski definition) is 3. The topological polar surface area (TPSA) is 52.5 Å². The fourth-order valence-electron chi connectivity index (χ4n) is 1.20. The van der Waals surface area contributed by atoms with Gasteiger partial charge in [0.1, 0.15) is 0 Å². The predicted molar refractivity (Wildman–Crippen MR) is 64.4 cm³/mol. The number of hydrogen-bond donors (Lipinski definition) is 3. The molecule has 0 aliphatic rings. The summed E-state index contributed by atoms with van der Waals surface area (Å²) in [6, 6.07) is 4.83. The zero-order valence-corrected chi connectivity index (χ0v) is 9.47. The highest BCUT2D eigenvalue weighted by molar-refractivity contribution is 7.80. The van der Waals surface area contributed by atoms with Crippen molar-refractivity contribution >= 4 is 17.2 Å². The van der Waals surface area contributed by atoms with E-state index in [1.165, 1.54) is 6.07 Å². The van der Waals surface area contributed by atoms with Gasteiger partial charge in [-0.1, -0.05) is 25.2 Å². The molecular weight excluding hydrogens is 210 g/mol. The van der Waals surface area contributed by atoms with Gasteiger partial charge in [0, 0.05) is 6.54 Å². The van der Waals surface area contributed by atoms with Crippen molar-refractivity contribution in [2.45, 2.75) is 19.8 Å². The minimum Gasteiger partial charge on any atom is -0.504 e. The molecule has 0 unspecified atom stereocenters. The van der Waals surface area contributed by atoms with Crippen LogP contribution in [0.2, 0.25) is 0 Å². The van der Waals surface area contributed by atoms with Crippen LogP contribution in [0.5, 0.6) is 11.5 Å². The Balaban J connectivity index is 2.44. The zero-order valence-electron chi connectivity index (χ0n) is 8.66. The maximum Gasteiger partial charge on any atom is 0.157 e. The van der Waals surface area contributed by atoms with Crippen molar-refractivity contribution in [2.75, 3.05) is 6.54 Å². The summed E-state index contributed by atoms with van der Waals surface area (Å²) in [5, 5.41) is 21.5. The maximum absolute atomic E-state index is 9.26. The molecule has 0 atom stereocenters. The van der Waals surface area contributed by atoms with E-state index >= 15 is 0 Å². The Morgan fingerprint density at radius 2 is 2.07 bits per heavy atom. The number of rotatable bonds is 4. The Hall–Kier alpha value is -1.29. The van der Waals surface area contributed by atoms with Crippen LogP contribution in [0.4, 0.5) is 0 Å². The van der Waals surface area contributed by atoms with Crippen LogP contribution in [-0.2, 0) is 6.42 Å². The predicted octanol–water partition coefficient (Wildman–Crippen LogP) is 1.97. The number of thiocarbonyl (C=S) groups is 1. The normalized spacial score (nSPS) is 9.93. The van der Waals surface area contributed by atoms with E-state index in [0.717, 1.165) is 29.9 Å². The number of benzene rings is 1. The van der Waals surface area contributed by atoms with Crippen molar-refractivity contribution in [1.82, 2.24) is 5.32 Å². The third kappa shape index (κ3) is 3.75. The molecule has 0 saturated heterocycles. The van der Waals surface area contributed by atoms with Gasteiger partial charge in [-0.2, -0.15) is 0 Å². The number of nitrogens with one attached hydrogen (secondary N) is 1. The molecule has 15 heavy (non-hydrogen) atoms. The van der Waals surface area contributed by atoms with Crippen LogP contribution in [0.3, 0.4) is 0 Å². The van der Waals surface area contributed by atoms with Crippen LogP contribution < -0.4 is 5.32 Å². The molecule has 1 rings (SSSR count). The fraction of sp³-hybridized carbons (Fsp3) is 0.364. The molecule has 0 aromatic heterocycles. The molecule has 0 aliphatic carbocycles. The number of aromatic hydroxyl groups is 2. The minimum atomic E-state index is -0.0872. The first-order valence-corrected chi connectivity index (χ1v) is 5.32. The first-order valence-electron chi connectivity index (χ1n) is 4.91. The lowest BCUT2D eigenvalue weighted by Gasteiger charge is -2.06. The first-order chi connectivity index (χ1) is 7.13. The van der Waals surface area contributed by atoms with Crippen molar-refractivity contribution in [3.8, 4) is 11.5 Å². The molecule has 0 spiro atoms. The molecule has 3 nitrogen and oxygen atoms in total. The van der Waals surface area contributed by atoms with Crippen LogP contribution in [0.25, 0.3) is 0 Å². The molecule has 1 aromatic carbocycles. The van der Waals surface area contributed by atoms with E-state index < -0.39 is 0 Å². The molecule has 4 heteroatoms. The smallest absolute Gasteiger partial charge is 0.157 e. The second kappa shape index (κ2) is 5.56. The van der Waals surface area contributed by atoms with Crippen LogP contribution in [-0.4, -0.2) is 21.7 Å². The van der Waals surface area contributed by atoms with Gasteiger partial charge in [-0.05, 0) is 30.5 Å². The third-order valence-corrected chi connectivity index (χ3v) is 2.53. The second-order valence-electron chi connectivity index (χ2n) is 3.28. The molecule has 82 valence electrons. The third-order valence-electron chi connectivity index (χ3n) is 2.10. The minimum absolute atomic E-state index is 0.0782. The largest absolute Gasteiger partial charge is 0.504 e. The first kappa shape index (κ1) is 11.8. The summed E-state index contributed by atoms with van der Waals surface area (Å²) in [6.45, 7) is 2.75. The van der Waals surface area contributed by atoms with Crippen LogP contribution in [0.1, 0.15) is 18.9 Å². The highest BCUT2D eigenvalue weighted by Gasteiger charge is 2.00. The lowest BCUT2D eigenvalue weighted by Crippen LogP contribution is -2.22. The molecule has 0 heterocycles. The molecule has 0 radical (unpaired) electrons. The standard InChI is InChI=1S/C11H15NO2S/c1-2-11(15)12-6-5-8-3-4-9(13)10(14)7-8/h3-4,7,13-14H,2,5-6H2,1H3,(H,12,15). The fourth-order valence-corrected chi connectivity index (χ4v) is 1.30. The van der Waals surface area contributed by atoms with Gasteiger partial charge in [0.05, 0.1) is 4.99 Å². The Kier molecular flexibility index (Phi) is 4.37. The lowest BCUT2D eigenvalue weighted by molar-refractivity contribution is 0.403. The van der Waals surface area contributed by atoms with Crippen LogP contribution in [0, 0.1) is 0 Å². The van der Waals surface area contributed by atoms with Gasteiger partial charge >= 0.3 is 0 Å². The number of phenols is 2. The van der Waals surface area contributed by atoms with E-state index in [9.17, 15) is 5.11 Å². The van der Waals surface area contributed by atoms with Crippen molar-refractivity contribution < 1.29 is 10.2 Å². The van der Waals surface area contributed by atoms with E-state index in [4.69, 9.17) is 17.3 Å². The second-order valence-corrected chi connectivity index (χ2v) is 3.77. The number of phenolic OH excluding ortho intramolecular Hbond substituents is 2. The van der Waals surface area contributed by atoms with E-state index in [0.29, 0.717) is 0 Å². The van der Waals surface area contributed by atoms with E-state index in [-0.39, 0.29) is 11.5 Å². The van der Waals surface area contributed by atoms with E-state index in [1.807, 2.05) is 6.92 Å². The Morgan fingerprint density at radius 3 is 2.67 bits per heavy atom. The van der Waals surface area contributed by atoms with E-state index in [1.54, 1.807) is 12.1 Å². The molecular formula is C11H15NO2S. The summed E-state index contributed by atoms with van der Waals surface area (Å²) in [4.78, 5) is 0.845. The summed E-state index contributed by atoms with van der Waals surface area (Å²) in [6.07, 6.45) is 1.62. The SMILES string of the molecule is CCC(=S)NCCc1ccc(O)c(O)c1. The monoisotopic (exact) mass is 225 g/mol. The van der Waals surface area contributed by atoms with Gasteiger partial charge in [0.2, 0.25) is 0 Å². The van der Waals surface area contributed by atoms with Crippen molar-refractivity contribution in [3.05, 3.63) is 23.8 Å². The van der Waals surface area contributed by atoms with E-state index in [2.05, 4.69) is 5.32 Å². The summed E-state index contributed by atoms with van der Waals surface area (Å²) in [7, 11) is 0. The van der Waals surface area contributed by atoms with Gasteiger partial charge in [-0.25, -0.2) is 0 Å². The Bertz CT molecular complexity index is 352. The molecule has 0 amide bonds. The summed E-state index contributed by atoms with van der Waals surface area (Å²) >= 11 is 5.02. The zero-order chi connectivity index (χ0) is 11.3.